The molecule has 1 aliphatic carbocycles. The highest BCUT2D eigenvalue weighted by Crippen LogP contribution is 2.37. The fourth-order valence-electron chi connectivity index (χ4n) is 4.97. The van der Waals surface area contributed by atoms with Crippen LogP contribution in [0.15, 0.2) is 67.0 Å². The van der Waals surface area contributed by atoms with Gasteiger partial charge in [0, 0.05) is 54.2 Å². The number of benzene rings is 2. The first-order chi connectivity index (χ1) is 16.6. The van der Waals surface area contributed by atoms with E-state index < -0.39 is 5.91 Å². The standard InChI is InChI=1S/C27H27FN4O2/c28-21-6-8-23-20(16-30-25(23)15-21)11-13-32(17-22-2-1-12-29-22)26-9-5-19-14-18(3-7-24(19)26)4-10-27(33)31-34/h1-4,6-8,10,12,14-16,26,29-30,34H,5,9,11,13,17H2,(H,31,33). The highest BCUT2D eigenvalue weighted by molar-refractivity contribution is 5.90. The number of H-pyrrole nitrogens is 2. The molecule has 0 fully saturated rings. The summed E-state index contributed by atoms with van der Waals surface area (Å²) in [7, 11) is 0. The normalized spacial score (nSPS) is 15.4. The number of hydrogen-bond acceptors (Lipinski definition) is 3. The number of hydroxylamine groups is 1. The van der Waals surface area contributed by atoms with Crippen LogP contribution in [0.25, 0.3) is 17.0 Å². The molecule has 174 valence electrons. The zero-order valence-corrected chi connectivity index (χ0v) is 18.7. The van der Waals surface area contributed by atoms with Gasteiger partial charge in [-0.1, -0.05) is 18.2 Å². The molecule has 1 aliphatic rings. The smallest absolute Gasteiger partial charge is 0.267 e. The summed E-state index contributed by atoms with van der Waals surface area (Å²) in [4.78, 5) is 20.3. The second kappa shape index (κ2) is 9.67. The maximum atomic E-state index is 13.6. The molecule has 5 rings (SSSR count). The van der Waals surface area contributed by atoms with Crippen molar-refractivity contribution in [2.75, 3.05) is 6.54 Å². The predicted molar refractivity (Wildman–Crippen MR) is 130 cm³/mol. The minimum absolute atomic E-state index is 0.233. The van der Waals surface area contributed by atoms with Crippen molar-refractivity contribution in [3.63, 3.8) is 0 Å². The summed E-state index contributed by atoms with van der Waals surface area (Å²) in [5.41, 5.74) is 8.34. The highest BCUT2D eigenvalue weighted by Gasteiger charge is 2.28. The van der Waals surface area contributed by atoms with Gasteiger partial charge in [-0.3, -0.25) is 14.9 Å². The lowest BCUT2D eigenvalue weighted by molar-refractivity contribution is -0.124. The first-order valence-electron chi connectivity index (χ1n) is 11.5. The van der Waals surface area contributed by atoms with Gasteiger partial charge in [-0.25, -0.2) is 9.87 Å². The van der Waals surface area contributed by atoms with Crippen LogP contribution in [-0.2, 0) is 24.2 Å². The second-order valence-corrected chi connectivity index (χ2v) is 8.74. The molecule has 7 heteroatoms. The van der Waals surface area contributed by atoms with Crippen LogP contribution >= 0.6 is 0 Å². The molecular weight excluding hydrogens is 431 g/mol. The number of nitrogens with zero attached hydrogens (tertiary/aromatic N) is 1. The van der Waals surface area contributed by atoms with E-state index in [1.165, 1.54) is 34.5 Å². The topological polar surface area (TPSA) is 84.2 Å². The molecule has 34 heavy (non-hydrogen) atoms. The molecule has 1 atom stereocenters. The Morgan fingerprint density at radius 3 is 2.94 bits per heavy atom. The number of carbonyl (C=O) groups is 1. The van der Waals surface area contributed by atoms with Gasteiger partial charge in [0.05, 0.1) is 0 Å². The molecule has 6 nitrogen and oxygen atoms in total. The summed E-state index contributed by atoms with van der Waals surface area (Å²) in [5, 5.41) is 9.75. The third-order valence-electron chi connectivity index (χ3n) is 6.62. The van der Waals surface area contributed by atoms with Gasteiger partial charge in [-0.05, 0) is 77.9 Å². The lowest BCUT2D eigenvalue weighted by Crippen LogP contribution is -2.29. The minimum atomic E-state index is -0.546. The van der Waals surface area contributed by atoms with Crippen LogP contribution < -0.4 is 5.48 Å². The van der Waals surface area contributed by atoms with Gasteiger partial charge in [0.1, 0.15) is 5.82 Å². The molecule has 0 saturated carbocycles. The Kier molecular flexibility index (Phi) is 6.29. The van der Waals surface area contributed by atoms with Crippen LogP contribution in [0.3, 0.4) is 0 Å². The molecule has 2 aromatic carbocycles. The SMILES string of the molecule is O=C(C=Cc1ccc2c(c1)CCC2N(CCc1c[nH]c2cc(F)ccc12)Cc1ccc[nH]1)NO. The van der Waals surface area contributed by atoms with E-state index in [0.29, 0.717) is 6.04 Å². The van der Waals surface area contributed by atoms with Crippen molar-refractivity contribution in [1.82, 2.24) is 20.3 Å². The van der Waals surface area contributed by atoms with Crippen molar-refractivity contribution < 1.29 is 14.4 Å². The highest BCUT2D eigenvalue weighted by atomic mass is 19.1. The zero-order valence-electron chi connectivity index (χ0n) is 18.7. The Hall–Kier alpha value is -3.68. The molecule has 2 heterocycles. The van der Waals surface area contributed by atoms with Crippen LogP contribution in [0.2, 0.25) is 0 Å². The van der Waals surface area contributed by atoms with E-state index in [-0.39, 0.29) is 5.82 Å². The molecule has 0 radical (unpaired) electrons. The van der Waals surface area contributed by atoms with Crippen molar-refractivity contribution in [2.45, 2.75) is 31.8 Å². The molecule has 4 aromatic rings. The van der Waals surface area contributed by atoms with Gasteiger partial charge in [-0.2, -0.15) is 0 Å². The summed E-state index contributed by atoms with van der Waals surface area (Å²) >= 11 is 0. The molecule has 0 saturated heterocycles. The molecule has 0 bridgehead atoms. The number of rotatable bonds is 8. The molecule has 1 unspecified atom stereocenters. The Labute approximate surface area is 197 Å². The molecule has 1 amide bonds. The fraction of sp³-hybridized carbons (Fsp3) is 0.222. The molecule has 2 aromatic heterocycles. The maximum Gasteiger partial charge on any atom is 0.267 e. The first kappa shape index (κ1) is 22.1. The van der Waals surface area contributed by atoms with Crippen LogP contribution in [0.5, 0.6) is 0 Å². The number of aromatic nitrogens is 2. The third kappa shape index (κ3) is 4.66. The van der Waals surface area contributed by atoms with E-state index >= 15 is 0 Å². The molecular formula is C27H27FN4O2. The maximum absolute atomic E-state index is 13.6. The van der Waals surface area contributed by atoms with Gasteiger partial charge in [0.2, 0.25) is 0 Å². The number of fused-ring (bicyclic) bond motifs is 2. The summed E-state index contributed by atoms with van der Waals surface area (Å²) in [6, 6.07) is 15.6. The first-order valence-corrected chi connectivity index (χ1v) is 11.5. The largest absolute Gasteiger partial charge is 0.364 e. The van der Waals surface area contributed by atoms with E-state index in [1.807, 2.05) is 30.6 Å². The van der Waals surface area contributed by atoms with Crippen LogP contribution in [0.4, 0.5) is 4.39 Å². The summed E-state index contributed by atoms with van der Waals surface area (Å²) in [6.45, 7) is 1.68. The Morgan fingerprint density at radius 1 is 1.21 bits per heavy atom. The Morgan fingerprint density at radius 2 is 2.12 bits per heavy atom. The van der Waals surface area contributed by atoms with Crippen molar-refractivity contribution in [1.29, 1.82) is 0 Å². The summed E-state index contributed by atoms with van der Waals surface area (Å²) in [6.07, 6.45) is 9.82. The van der Waals surface area contributed by atoms with E-state index in [4.69, 9.17) is 5.21 Å². The van der Waals surface area contributed by atoms with Crippen molar-refractivity contribution in [2.24, 2.45) is 0 Å². The number of hydrogen-bond donors (Lipinski definition) is 4. The van der Waals surface area contributed by atoms with Gasteiger partial charge in [0.15, 0.2) is 0 Å². The van der Waals surface area contributed by atoms with Gasteiger partial charge < -0.3 is 9.97 Å². The van der Waals surface area contributed by atoms with E-state index in [1.54, 1.807) is 17.6 Å². The number of aryl methyl sites for hydroxylation is 1. The molecule has 4 N–H and O–H groups in total. The number of halogens is 1. The summed E-state index contributed by atoms with van der Waals surface area (Å²) in [5.74, 6) is -0.779. The number of nitrogens with one attached hydrogen (secondary N) is 3. The van der Waals surface area contributed by atoms with Gasteiger partial charge in [0.25, 0.3) is 5.91 Å². The van der Waals surface area contributed by atoms with Crippen molar-refractivity contribution >= 4 is 22.9 Å². The van der Waals surface area contributed by atoms with Crippen molar-refractivity contribution in [3.8, 4) is 0 Å². The quantitative estimate of drug-likeness (QED) is 0.172. The lowest BCUT2D eigenvalue weighted by atomic mass is 10.0. The van der Waals surface area contributed by atoms with Crippen LogP contribution in [0.1, 0.15) is 40.4 Å². The Bertz CT molecular complexity index is 1330. The van der Waals surface area contributed by atoms with Gasteiger partial charge >= 0.3 is 0 Å². The number of amides is 1. The summed E-state index contributed by atoms with van der Waals surface area (Å²) < 4.78 is 13.6. The van der Waals surface area contributed by atoms with Gasteiger partial charge in [-0.15, -0.1) is 0 Å². The van der Waals surface area contributed by atoms with Crippen LogP contribution in [-0.4, -0.2) is 32.5 Å². The zero-order chi connectivity index (χ0) is 23.5. The van der Waals surface area contributed by atoms with E-state index in [2.05, 4.69) is 33.1 Å². The molecule has 0 spiro atoms. The second-order valence-electron chi connectivity index (χ2n) is 8.74. The average Bonchev–Trinajstić information content (AvgIpc) is 3.59. The average molecular weight is 459 g/mol. The van der Waals surface area contributed by atoms with E-state index in [9.17, 15) is 9.18 Å². The number of carbonyl (C=O) groups excluding carboxylic acids is 1. The predicted octanol–water partition coefficient (Wildman–Crippen LogP) is 4.89. The molecule has 0 aliphatic heterocycles. The lowest BCUT2D eigenvalue weighted by Gasteiger charge is -2.29. The monoisotopic (exact) mass is 458 g/mol. The Balaban J connectivity index is 1.37. The fourth-order valence-corrected chi connectivity index (χ4v) is 4.97. The van der Waals surface area contributed by atoms with Crippen LogP contribution in [0, 0.1) is 5.82 Å². The minimum Gasteiger partial charge on any atom is -0.364 e. The number of aromatic amines is 2. The third-order valence-corrected chi connectivity index (χ3v) is 6.62. The van der Waals surface area contributed by atoms with Crippen molar-refractivity contribution in [3.05, 3.63) is 101 Å². The van der Waals surface area contributed by atoms with E-state index in [0.717, 1.165) is 48.8 Å².